The minimum atomic E-state index is -0.220. The number of benzene rings is 1. The van der Waals surface area contributed by atoms with Crippen LogP contribution in [0.1, 0.15) is 6.92 Å². The predicted molar refractivity (Wildman–Crippen MR) is 60.8 cm³/mol. The number of amides is 1. The Morgan fingerprint density at radius 2 is 2.00 bits per heavy atom. The number of halogens is 1. The molecule has 1 heterocycles. The Kier molecular flexibility index (Phi) is 3.08. The zero-order valence-corrected chi connectivity index (χ0v) is 9.27. The van der Waals surface area contributed by atoms with Crippen LogP contribution in [0, 0.1) is 5.82 Å². The fourth-order valence-corrected chi connectivity index (χ4v) is 2.10. The van der Waals surface area contributed by atoms with Crippen LogP contribution in [-0.2, 0) is 4.79 Å². The van der Waals surface area contributed by atoms with Crippen molar-refractivity contribution in [2.45, 2.75) is 13.0 Å². The highest BCUT2D eigenvalue weighted by molar-refractivity contribution is 5.52. The van der Waals surface area contributed by atoms with E-state index >= 15 is 0 Å². The average molecular weight is 222 g/mol. The van der Waals surface area contributed by atoms with Crippen LogP contribution in [0.25, 0.3) is 0 Å². The van der Waals surface area contributed by atoms with Crippen molar-refractivity contribution in [3.63, 3.8) is 0 Å². The molecule has 0 radical (unpaired) electrons. The normalized spacial score (nSPS) is 21.0. The molecule has 0 N–H and O–H groups in total. The van der Waals surface area contributed by atoms with Gasteiger partial charge in [0.25, 0.3) is 0 Å². The van der Waals surface area contributed by atoms with Crippen molar-refractivity contribution in [3.05, 3.63) is 30.1 Å². The molecule has 1 fully saturated rings. The van der Waals surface area contributed by atoms with Crippen LogP contribution in [0.3, 0.4) is 0 Å². The third kappa shape index (κ3) is 2.15. The van der Waals surface area contributed by atoms with Gasteiger partial charge in [0, 0.05) is 31.4 Å². The maximum atomic E-state index is 12.8. The molecule has 1 atom stereocenters. The topological polar surface area (TPSA) is 23.6 Å². The van der Waals surface area contributed by atoms with Crippen molar-refractivity contribution in [2.24, 2.45) is 0 Å². The van der Waals surface area contributed by atoms with Gasteiger partial charge in [0.05, 0.1) is 0 Å². The van der Waals surface area contributed by atoms with Gasteiger partial charge in [-0.1, -0.05) is 0 Å². The fraction of sp³-hybridized carbons (Fsp3) is 0.417. The van der Waals surface area contributed by atoms with Crippen LogP contribution < -0.4 is 4.90 Å². The van der Waals surface area contributed by atoms with E-state index in [2.05, 4.69) is 11.8 Å². The summed E-state index contributed by atoms with van der Waals surface area (Å²) in [5, 5.41) is 0. The molecular weight excluding hydrogens is 207 g/mol. The van der Waals surface area contributed by atoms with E-state index in [1.807, 2.05) is 0 Å². The zero-order valence-electron chi connectivity index (χ0n) is 9.27. The van der Waals surface area contributed by atoms with E-state index in [-0.39, 0.29) is 11.9 Å². The fourth-order valence-electron chi connectivity index (χ4n) is 2.10. The van der Waals surface area contributed by atoms with Crippen molar-refractivity contribution < 1.29 is 9.18 Å². The van der Waals surface area contributed by atoms with E-state index in [4.69, 9.17) is 0 Å². The number of hydrogen-bond acceptors (Lipinski definition) is 2. The first-order valence-corrected chi connectivity index (χ1v) is 5.42. The van der Waals surface area contributed by atoms with E-state index in [1.54, 1.807) is 17.0 Å². The van der Waals surface area contributed by atoms with Gasteiger partial charge in [0.15, 0.2) is 0 Å². The van der Waals surface area contributed by atoms with Gasteiger partial charge in [0.2, 0.25) is 6.41 Å². The number of carbonyl (C=O) groups excluding carboxylic acids is 1. The molecule has 1 aliphatic heterocycles. The largest absolute Gasteiger partial charge is 0.365 e. The van der Waals surface area contributed by atoms with E-state index in [0.29, 0.717) is 0 Å². The average Bonchev–Trinajstić information content (AvgIpc) is 2.30. The Bertz CT molecular complexity index is 366. The molecule has 1 unspecified atom stereocenters. The van der Waals surface area contributed by atoms with Gasteiger partial charge >= 0.3 is 0 Å². The Balaban J connectivity index is 2.10. The highest BCUT2D eigenvalue weighted by Gasteiger charge is 2.22. The first kappa shape index (κ1) is 10.9. The third-order valence-corrected chi connectivity index (χ3v) is 2.97. The molecule has 2 rings (SSSR count). The number of carbonyl (C=O) groups is 1. The van der Waals surface area contributed by atoms with Crippen LogP contribution in [0.2, 0.25) is 0 Å². The van der Waals surface area contributed by atoms with Gasteiger partial charge in [-0.2, -0.15) is 0 Å². The summed E-state index contributed by atoms with van der Waals surface area (Å²) in [6, 6.07) is 6.76. The Hall–Kier alpha value is -1.58. The van der Waals surface area contributed by atoms with Gasteiger partial charge in [-0.25, -0.2) is 4.39 Å². The summed E-state index contributed by atoms with van der Waals surface area (Å²) in [5.41, 5.74) is 1.01. The lowest BCUT2D eigenvalue weighted by Crippen LogP contribution is -2.51. The molecule has 3 nitrogen and oxygen atoms in total. The van der Waals surface area contributed by atoms with Crippen molar-refractivity contribution in [1.82, 2.24) is 4.90 Å². The van der Waals surface area contributed by atoms with Gasteiger partial charge in [-0.15, -0.1) is 0 Å². The lowest BCUT2D eigenvalue weighted by molar-refractivity contribution is -0.118. The third-order valence-electron chi connectivity index (χ3n) is 2.97. The summed E-state index contributed by atoms with van der Waals surface area (Å²) in [7, 11) is 0. The van der Waals surface area contributed by atoms with Crippen molar-refractivity contribution in [3.8, 4) is 0 Å². The van der Waals surface area contributed by atoms with Crippen LogP contribution in [-0.4, -0.2) is 37.0 Å². The monoisotopic (exact) mass is 222 g/mol. The molecule has 1 aliphatic rings. The second-order valence-electron chi connectivity index (χ2n) is 4.12. The molecule has 0 bridgehead atoms. The summed E-state index contributed by atoms with van der Waals surface area (Å²) in [6.45, 7) is 4.32. The first-order valence-electron chi connectivity index (χ1n) is 5.42. The van der Waals surface area contributed by atoms with Gasteiger partial charge in [-0.3, -0.25) is 4.79 Å². The van der Waals surface area contributed by atoms with E-state index in [0.717, 1.165) is 31.7 Å². The second kappa shape index (κ2) is 4.51. The minimum absolute atomic E-state index is 0.220. The lowest BCUT2D eigenvalue weighted by atomic mass is 10.1. The summed E-state index contributed by atoms with van der Waals surface area (Å²) in [6.07, 6.45) is 0.887. The van der Waals surface area contributed by atoms with Crippen molar-refractivity contribution in [1.29, 1.82) is 0 Å². The molecule has 0 aromatic heterocycles. The number of nitrogens with zero attached hydrogens (tertiary/aromatic N) is 2. The van der Waals surface area contributed by atoms with E-state index in [1.165, 1.54) is 12.1 Å². The van der Waals surface area contributed by atoms with Crippen molar-refractivity contribution in [2.75, 3.05) is 24.5 Å². The molecule has 86 valence electrons. The number of rotatable bonds is 2. The molecule has 1 aromatic rings. The molecular formula is C12H15FN2O. The maximum Gasteiger partial charge on any atom is 0.209 e. The van der Waals surface area contributed by atoms with Crippen LogP contribution in [0.5, 0.6) is 0 Å². The van der Waals surface area contributed by atoms with Gasteiger partial charge in [-0.05, 0) is 31.2 Å². The van der Waals surface area contributed by atoms with Gasteiger partial charge in [0.1, 0.15) is 5.82 Å². The summed E-state index contributed by atoms with van der Waals surface area (Å²) in [4.78, 5) is 14.6. The van der Waals surface area contributed by atoms with E-state index < -0.39 is 0 Å². The molecule has 4 heteroatoms. The second-order valence-corrected chi connectivity index (χ2v) is 4.12. The lowest BCUT2D eigenvalue weighted by Gasteiger charge is -2.39. The Morgan fingerprint density at radius 1 is 1.31 bits per heavy atom. The first-order chi connectivity index (χ1) is 7.70. The standard InChI is InChI=1S/C12H15FN2O/c1-10-8-14(9-16)6-7-15(10)12-4-2-11(13)3-5-12/h2-5,9-10H,6-8H2,1H3. The quantitative estimate of drug-likeness (QED) is 0.708. The Labute approximate surface area is 94.5 Å². The van der Waals surface area contributed by atoms with Crippen LogP contribution in [0.15, 0.2) is 24.3 Å². The SMILES string of the molecule is CC1CN(C=O)CCN1c1ccc(F)cc1. The summed E-state index contributed by atoms with van der Waals surface area (Å²) < 4.78 is 12.8. The summed E-state index contributed by atoms with van der Waals surface area (Å²) >= 11 is 0. The van der Waals surface area contributed by atoms with Crippen LogP contribution in [0.4, 0.5) is 10.1 Å². The summed E-state index contributed by atoms with van der Waals surface area (Å²) in [5.74, 6) is -0.220. The van der Waals surface area contributed by atoms with Gasteiger partial charge < -0.3 is 9.80 Å². The smallest absolute Gasteiger partial charge is 0.209 e. The highest BCUT2D eigenvalue weighted by Crippen LogP contribution is 2.20. The zero-order chi connectivity index (χ0) is 11.5. The molecule has 0 saturated carbocycles. The minimum Gasteiger partial charge on any atom is -0.365 e. The number of piperazine rings is 1. The maximum absolute atomic E-state index is 12.8. The molecule has 1 saturated heterocycles. The molecule has 0 aliphatic carbocycles. The van der Waals surface area contributed by atoms with E-state index in [9.17, 15) is 9.18 Å². The molecule has 1 amide bonds. The molecule has 0 spiro atoms. The number of hydrogen-bond donors (Lipinski definition) is 0. The van der Waals surface area contributed by atoms with Crippen LogP contribution >= 0.6 is 0 Å². The highest BCUT2D eigenvalue weighted by atomic mass is 19.1. The molecule has 16 heavy (non-hydrogen) atoms. The van der Waals surface area contributed by atoms with Crippen molar-refractivity contribution >= 4 is 12.1 Å². The number of anilines is 1. The molecule has 1 aromatic carbocycles. The predicted octanol–water partition coefficient (Wildman–Crippen LogP) is 1.49. The Morgan fingerprint density at radius 3 is 2.56 bits per heavy atom.